The van der Waals surface area contributed by atoms with Gasteiger partial charge in [-0.15, -0.1) is 0 Å². The van der Waals surface area contributed by atoms with Gasteiger partial charge in [0.05, 0.1) is 13.2 Å². The van der Waals surface area contributed by atoms with Gasteiger partial charge in [0.2, 0.25) is 5.88 Å². The fraction of sp³-hybridized carbons (Fsp3) is 0.379. The maximum atomic E-state index is 13.1. The minimum atomic E-state index is -0.869. The largest absolute Gasteiger partial charge is 0.513 e. The minimum Gasteiger partial charge on any atom is -0.493 e. The summed E-state index contributed by atoms with van der Waals surface area (Å²) in [4.78, 5) is 33.8. The number of ether oxygens (including phenoxy) is 4. The van der Waals surface area contributed by atoms with E-state index in [9.17, 15) is 9.59 Å². The molecule has 0 aliphatic carbocycles. The molecule has 1 aromatic heterocycles. The molecule has 0 saturated heterocycles. The lowest BCUT2D eigenvalue weighted by Gasteiger charge is -2.13. The summed E-state index contributed by atoms with van der Waals surface area (Å²) in [5, 5.41) is 0. The van der Waals surface area contributed by atoms with Crippen LogP contribution in [-0.2, 0) is 4.74 Å². The van der Waals surface area contributed by atoms with Crippen molar-refractivity contribution in [1.82, 2.24) is 9.97 Å². The van der Waals surface area contributed by atoms with E-state index in [-0.39, 0.29) is 23.8 Å². The highest BCUT2D eigenvalue weighted by Gasteiger charge is 2.21. The van der Waals surface area contributed by atoms with Crippen LogP contribution in [0.2, 0.25) is 0 Å². The average Bonchev–Trinajstić information content (AvgIpc) is 2.92. The van der Waals surface area contributed by atoms with Gasteiger partial charge < -0.3 is 18.9 Å². The molecule has 2 aromatic carbocycles. The van der Waals surface area contributed by atoms with Gasteiger partial charge in [-0.25, -0.2) is 19.6 Å². The van der Waals surface area contributed by atoms with Crippen molar-refractivity contribution in [2.75, 3.05) is 13.2 Å². The number of unbranched alkanes of at least 4 members (excludes halogenated alkanes) is 3. The van der Waals surface area contributed by atoms with Crippen molar-refractivity contribution in [2.45, 2.75) is 52.9 Å². The van der Waals surface area contributed by atoms with Gasteiger partial charge in [0.15, 0.2) is 0 Å². The fourth-order valence-electron chi connectivity index (χ4n) is 3.36. The lowest BCUT2D eigenvalue weighted by molar-refractivity contribution is 0.0719. The molecule has 1 unspecified atom stereocenters. The Bertz CT molecular complexity index is 1170. The summed E-state index contributed by atoms with van der Waals surface area (Å²) in [5.41, 5.74) is 1.14. The van der Waals surface area contributed by atoms with E-state index in [1.807, 2.05) is 24.3 Å². The molecule has 8 heteroatoms. The van der Waals surface area contributed by atoms with Crippen LogP contribution in [0.15, 0.2) is 60.9 Å². The summed E-state index contributed by atoms with van der Waals surface area (Å²) in [6.07, 6.45) is 7.00. The zero-order valence-corrected chi connectivity index (χ0v) is 21.6. The molecule has 3 aromatic rings. The smallest absolute Gasteiger partial charge is 0.493 e. The van der Waals surface area contributed by atoms with Gasteiger partial charge in [0.1, 0.15) is 22.8 Å². The molecule has 0 radical (unpaired) electrons. The Morgan fingerprint density at radius 1 is 0.919 bits per heavy atom. The van der Waals surface area contributed by atoms with Crippen LogP contribution >= 0.6 is 0 Å². The standard InChI is InChI=1S/C29H34N2O6/c1-4-6-7-10-18-34-29(33)36-25-15-9-8-14-24(25)28(32)37-27-26(30-16-17-31-27)22-12-11-13-23(19-22)35-20-21(3)5-2/h8-9,11-17,19,21H,4-7,10,18,20H2,1-3H3. The molecule has 37 heavy (non-hydrogen) atoms. The second kappa shape index (κ2) is 14.6. The Hall–Kier alpha value is -3.94. The Morgan fingerprint density at radius 2 is 1.73 bits per heavy atom. The van der Waals surface area contributed by atoms with Gasteiger partial charge >= 0.3 is 12.1 Å². The maximum Gasteiger partial charge on any atom is 0.513 e. The van der Waals surface area contributed by atoms with E-state index >= 15 is 0 Å². The minimum absolute atomic E-state index is 0.0277. The molecule has 0 amide bonds. The Balaban J connectivity index is 1.71. The van der Waals surface area contributed by atoms with E-state index in [0.29, 0.717) is 29.5 Å². The van der Waals surface area contributed by atoms with E-state index < -0.39 is 12.1 Å². The topological polar surface area (TPSA) is 96.8 Å². The monoisotopic (exact) mass is 506 g/mol. The number of carbonyl (C=O) groups is 2. The van der Waals surface area contributed by atoms with Gasteiger partial charge in [0, 0.05) is 18.0 Å². The zero-order valence-electron chi connectivity index (χ0n) is 21.6. The van der Waals surface area contributed by atoms with Crippen LogP contribution in [0, 0.1) is 5.92 Å². The molecule has 3 rings (SSSR count). The molecular weight excluding hydrogens is 472 g/mol. The van der Waals surface area contributed by atoms with Crippen LogP contribution in [-0.4, -0.2) is 35.3 Å². The van der Waals surface area contributed by atoms with Crippen molar-refractivity contribution in [3.05, 3.63) is 66.5 Å². The Morgan fingerprint density at radius 3 is 2.54 bits per heavy atom. The van der Waals surface area contributed by atoms with Gasteiger partial charge in [-0.2, -0.15) is 0 Å². The summed E-state index contributed by atoms with van der Waals surface area (Å²) in [6, 6.07) is 13.7. The number of rotatable bonds is 13. The summed E-state index contributed by atoms with van der Waals surface area (Å²) in [7, 11) is 0. The number of hydrogen-bond donors (Lipinski definition) is 0. The maximum absolute atomic E-state index is 13.1. The molecule has 0 spiro atoms. The molecule has 0 fully saturated rings. The van der Waals surface area contributed by atoms with Gasteiger partial charge in [0.25, 0.3) is 0 Å². The SMILES string of the molecule is CCCCCCOC(=O)Oc1ccccc1C(=O)Oc1nccnc1-c1cccc(OCC(C)CC)c1. The van der Waals surface area contributed by atoms with E-state index in [4.69, 9.17) is 18.9 Å². The number of nitrogens with zero attached hydrogens (tertiary/aromatic N) is 2. The van der Waals surface area contributed by atoms with Crippen molar-refractivity contribution in [2.24, 2.45) is 5.92 Å². The number of benzene rings is 2. The van der Waals surface area contributed by atoms with E-state index in [0.717, 1.165) is 32.1 Å². The molecular formula is C29H34N2O6. The second-order valence-electron chi connectivity index (χ2n) is 8.71. The van der Waals surface area contributed by atoms with Crippen molar-refractivity contribution in [3.63, 3.8) is 0 Å². The van der Waals surface area contributed by atoms with Crippen molar-refractivity contribution >= 4 is 12.1 Å². The molecule has 0 aliphatic heterocycles. The quantitative estimate of drug-likeness (QED) is 0.141. The predicted octanol–water partition coefficient (Wildman–Crippen LogP) is 6.88. The Kier molecular flexibility index (Phi) is 10.9. The molecule has 1 atom stereocenters. The summed E-state index contributed by atoms with van der Waals surface area (Å²) < 4.78 is 21.9. The second-order valence-corrected chi connectivity index (χ2v) is 8.71. The predicted molar refractivity (Wildman–Crippen MR) is 140 cm³/mol. The Labute approximate surface area is 218 Å². The van der Waals surface area contributed by atoms with Crippen LogP contribution < -0.4 is 14.2 Å². The first-order chi connectivity index (χ1) is 18.0. The van der Waals surface area contributed by atoms with E-state index in [1.165, 1.54) is 24.5 Å². The van der Waals surface area contributed by atoms with Crippen LogP contribution in [0.5, 0.6) is 17.4 Å². The first-order valence-electron chi connectivity index (χ1n) is 12.7. The average molecular weight is 507 g/mol. The van der Waals surface area contributed by atoms with Crippen LogP contribution in [0.1, 0.15) is 63.2 Å². The third kappa shape index (κ3) is 8.59. The first kappa shape index (κ1) is 27.6. The number of hydrogen-bond acceptors (Lipinski definition) is 8. The molecule has 0 aliphatic rings. The van der Waals surface area contributed by atoms with E-state index in [2.05, 4.69) is 30.7 Å². The van der Waals surface area contributed by atoms with Gasteiger partial charge in [-0.05, 0) is 36.6 Å². The first-order valence-corrected chi connectivity index (χ1v) is 12.7. The summed E-state index contributed by atoms with van der Waals surface area (Å²) in [6.45, 7) is 7.20. The van der Waals surface area contributed by atoms with Crippen molar-refractivity contribution < 1.29 is 28.5 Å². The van der Waals surface area contributed by atoms with Gasteiger partial charge in [-0.3, -0.25) is 0 Å². The van der Waals surface area contributed by atoms with Crippen molar-refractivity contribution in [1.29, 1.82) is 0 Å². The highest BCUT2D eigenvalue weighted by molar-refractivity contribution is 5.95. The van der Waals surface area contributed by atoms with Crippen LogP contribution in [0.25, 0.3) is 11.3 Å². The summed E-state index contributed by atoms with van der Waals surface area (Å²) >= 11 is 0. The highest BCUT2D eigenvalue weighted by atomic mass is 16.7. The lowest BCUT2D eigenvalue weighted by Crippen LogP contribution is -2.16. The molecule has 0 bridgehead atoms. The van der Waals surface area contributed by atoms with E-state index in [1.54, 1.807) is 12.1 Å². The molecule has 8 nitrogen and oxygen atoms in total. The van der Waals surface area contributed by atoms with Gasteiger partial charge in [-0.1, -0.05) is 70.7 Å². The lowest BCUT2D eigenvalue weighted by atomic mass is 10.1. The highest BCUT2D eigenvalue weighted by Crippen LogP contribution is 2.30. The zero-order chi connectivity index (χ0) is 26.5. The van der Waals surface area contributed by atoms with Crippen molar-refractivity contribution in [3.8, 4) is 28.6 Å². The normalized spacial score (nSPS) is 11.4. The number of carbonyl (C=O) groups excluding carboxylic acids is 2. The fourth-order valence-corrected chi connectivity index (χ4v) is 3.36. The summed E-state index contributed by atoms with van der Waals surface area (Å²) in [5.74, 6) is 0.444. The molecule has 0 N–H and O–H groups in total. The number of esters is 1. The van der Waals surface area contributed by atoms with Crippen LogP contribution in [0.3, 0.4) is 0 Å². The molecule has 0 saturated carbocycles. The molecule has 1 heterocycles. The molecule has 196 valence electrons. The van der Waals surface area contributed by atoms with Crippen LogP contribution in [0.4, 0.5) is 4.79 Å². The third-order valence-corrected chi connectivity index (χ3v) is 5.71. The third-order valence-electron chi connectivity index (χ3n) is 5.71. The number of para-hydroxylation sites is 1. The number of aromatic nitrogens is 2.